The molecule has 1 aromatic heterocycles. The average Bonchev–Trinajstić information content (AvgIpc) is 3.01. The van der Waals surface area contributed by atoms with Crippen LogP contribution in [-0.4, -0.2) is 59.5 Å². The van der Waals surface area contributed by atoms with Crippen molar-refractivity contribution in [2.75, 3.05) is 26.8 Å². The molecule has 1 aromatic carbocycles. The molecule has 26 heavy (non-hydrogen) atoms. The summed E-state index contributed by atoms with van der Waals surface area (Å²) in [4.78, 5) is 34.1. The van der Waals surface area contributed by atoms with Crippen LogP contribution in [-0.2, 0) is 9.53 Å². The number of carbonyl (C=O) groups excluding carboxylic acids is 2. The van der Waals surface area contributed by atoms with Gasteiger partial charge in [0.25, 0.3) is 5.91 Å². The summed E-state index contributed by atoms with van der Waals surface area (Å²) in [5.41, 5.74) is 2.43. The van der Waals surface area contributed by atoms with Crippen molar-refractivity contribution in [2.24, 2.45) is 0 Å². The van der Waals surface area contributed by atoms with Crippen LogP contribution in [0.5, 0.6) is 0 Å². The maximum absolute atomic E-state index is 13.0. The molecule has 3 rings (SSSR count). The fourth-order valence-corrected chi connectivity index (χ4v) is 3.56. The molecule has 7 nitrogen and oxygen atoms in total. The number of aromatic nitrogens is 2. The van der Waals surface area contributed by atoms with Gasteiger partial charge in [0.15, 0.2) is 0 Å². The molecule has 2 N–H and O–H groups in total. The first-order chi connectivity index (χ1) is 12.6. The molecule has 2 amide bonds. The molecule has 0 unspecified atom stereocenters. The predicted molar refractivity (Wildman–Crippen MR) is 99.0 cm³/mol. The van der Waals surface area contributed by atoms with E-state index in [1.54, 1.807) is 0 Å². The highest BCUT2D eigenvalue weighted by Gasteiger charge is 2.27. The second kappa shape index (κ2) is 8.31. The van der Waals surface area contributed by atoms with E-state index in [-0.39, 0.29) is 24.5 Å². The molecule has 0 saturated carbocycles. The van der Waals surface area contributed by atoms with Crippen molar-refractivity contribution in [1.29, 1.82) is 0 Å². The van der Waals surface area contributed by atoms with E-state index < -0.39 is 0 Å². The van der Waals surface area contributed by atoms with Crippen molar-refractivity contribution in [3.63, 3.8) is 0 Å². The zero-order chi connectivity index (χ0) is 18.5. The number of amides is 2. The first-order valence-electron chi connectivity index (χ1n) is 9.11. The summed E-state index contributed by atoms with van der Waals surface area (Å²) in [6.45, 7) is 3.28. The molecule has 140 valence electrons. The Bertz CT molecular complexity index is 786. The van der Waals surface area contributed by atoms with Gasteiger partial charge in [-0.05, 0) is 50.8 Å². The Morgan fingerprint density at radius 2 is 2.23 bits per heavy atom. The molecule has 1 aliphatic rings. The summed E-state index contributed by atoms with van der Waals surface area (Å²) in [7, 11) is 1.50. The van der Waals surface area contributed by atoms with Gasteiger partial charge in [0.1, 0.15) is 12.4 Å². The highest BCUT2D eigenvalue weighted by Crippen LogP contribution is 2.23. The van der Waals surface area contributed by atoms with Crippen molar-refractivity contribution >= 4 is 22.8 Å². The molecule has 0 aliphatic carbocycles. The van der Waals surface area contributed by atoms with E-state index in [2.05, 4.69) is 15.3 Å². The first-order valence-corrected chi connectivity index (χ1v) is 9.11. The molecular weight excluding hydrogens is 332 g/mol. The van der Waals surface area contributed by atoms with Crippen LogP contribution < -0.4 is 5.32 Å². The summed E-state index contributed by atoms with van der Waals surface area (Å²) in [6, 6.07) is 5.76. The Labute approximate surface area is 153 Å². The number of ether oxygens (including phenoxy) is 1. The lowest BCUT2D eigenvalue weighted by Crippen LogP contribution is -2.45. The number of H-pyrrole nitrogens is 1. The zero-order valence-electron chi connectivity index (χ0n) is 15.4. The Kier molecular flexibility index (Phi) is 5.88. The fraction of sp³-hybridized carbons (Fsp3) is 0.526. The molecule has 1 aliphatic heterocycles. The molecule has 1 fully saturated rings. The fourth-order valence-electron chi connectivity index (χ4n) is 3.56. The summed E-state index contributed by atoms with van der Waals surface area (Å²) >= 11 is 0. The van der Waals surface area contributed by atoms with E-state index in [1.807, 2.05) is 30.0 Å². The zero-order valence-corrected chi connectivity index (χ0v) is 15.4. The van der Waals surface area contributed by atoms with Crippen molar-refractivity contribution in [3.8, 4) is 0 Å². The normalized spacial score (nSPS) is 17.5. The van der Waals surface area contributed by atoms with Crippen LogP contribution in [0, 0.1) is 6.92 Å². The van der Waals surface area contributed by atoms with Crippen molar-refractivity contribution in [3.05, 3.63) is 29.6 Å². The quantitative estimate of drug-likeness (QED) is 0.827. The number of nitrogens with zero attached hydrogens (tertiary/aromatic N) is 2. The van der Waals surface area contributed by atoms with Crippen LogP contribution in [0.15, 0.2) is 18.2 Å². The number of benzene rings is 1. The van der Waals surface area contributed by atoms with Gasteiger partial charge >= 0.3 is 0 Å². The number of likely N-dealkylation sites (tertiary alicyclic amines) is 1. The molecular formula is C19H26N4O3. The van der Waals surface area contributed by atoms with Gasteiger partial charge in [-0.3, -0.25) is 9.59 Å². The van der Waals surface area contributed by atoms with E-state index in [0.717, 1.165) is 49.1 Å². The Hall–Kier alpha value is -2.41. The highest BCUT2D eigenvalue weighted by molar-refractivity contribution is 5.97. The largest absolute Gasteiger partial charge is 0.375 e. The number of rotatable bonds is 6. The molecule has 2 aromatic rings. The van der Waals surface area contributed by atoms with Gasteiger partial charge in [0, 0.05) is 31.8 Å². The van der Waals surface area contributed by atoms with E-state index >= 15 is 0 Å². The van der Waals surface area contributed by atoms with Crippen LogP contribution in [0.25, 0.3) is 11.0 Å². The number of hydrogen-bond donors (Lipinski definition) is 2. The molecule has 2 heterocycles. The van der Waals surface area contributed by atoms with Gasteiger partial charge < -0.3 is 19.9 Å². The third-order valence-electron chi connectivity index (χ3n) is 4.81. The maximum atomic E-state index is 13.0. The van der Waals surface area contributed by atoms with Gasteiger partial charge in [-0.1, -0.05) is 0 Å². The van der Waals surface area contributed by atoms with Crippen molar-refractivity contribution in [1.82, 2.24) is 20.2 Å². The lowest BCUT2D eigenvalue weighted by molar-refractivity contribution is -0.124. The number of aryl methyl sites for hydroxylation is 1. The smallest absolute Gasteiger partial charge is 0.254 e. The lowest BCUT2D eigenvalue weighted by Gasteiger charge is -2.36. The average molecular weight is 358 g/mol. The number of hydrogen-bond acceptors (Lipinski definition) is 4. The number of imidazole rings is 1. The molecule has 0 spiro atoms. The first kappa shape index (κ1) is 18.4. The number of piperidine rings is 1. The number of fused-ring (bicyclic) bond motifs is 1. The number of methoxy groups -OCH3 is 1. The third-order valence-corrected chi connectivity index (χ3v) is 4.81. The topological polar surface area (TPSA) is 87.3 Å². The van der Waals surface area contributed by atoms with E-state index in [9.17, 15) is 9.59 Å². The Balaban J connectivity index is 1.67. The predicted octanol–water partition coefficient (Wildman–Crippen LogP) is 2.02. The van der Waals surface area contributed by atoms with Crippen LogP contribution in [0.3, 0.4) is 0 Å². The van der Waals surface area contributed by atoms with E-state index in [0.29, 0.717) is 12.1 Å². The monoisotopic (exact) mass is 358 g/mol. The lowest BCUT2D eigenvalue weighted by atomic mass is 9.98. The van der Waals surface area contributed by atoms with Crippen LogP contribution in [0.2, 0.25) is 0 Å². The SMILES string of the molecule is COCC(=O)NCC[C@H]1CCCCN1C(=O)c1ccc2nc(C)[nH]c2c1. The van der Waals surface area contributed by atoms with Crippen molar-refractivity contribution in [2.45, 2.75) is 38.6 Å². The standard InChI is InChI=1S/C19H26N4O3/c1-13-21-16-7-6-14(11-17(16)22-13)19(25)23-10-4-3-5-15(23)8-9-20-18(24)12-26-2/h6-7,11,15H,3-5,8-10,12H2,1-2H3,(H,20,24)(H,21,22)/t15-/m1/s1. The third kappa shape index (κ3) is 4.22. The second-order valence-electron chi connectivity index (χ2n) is 6.77. The minimum absolute atomic E-state index is 0.0482. The summed E-state index contributed by atoms with van der Waals surface area (Å²) in [6.07, 6.45) is 3.85. The van der Waals surface area contributed by atoms with Crippen molar-refractivity contribution < 1.29 is 14.3 Å². The van der Waals surface area contributed by atoms with Gasteiger partial charge in [-0.15, -0.1) is 0 Å². The highest BCUT2D eigenvalue weighted by atomic mass is 16.5. The molecule has 0 radical (unpaired) electrons. The molecule has 1 atom stereocenters. The van der Waals surface area contributed by atoms with Gasteiger partial charge in [-0.25, -0.2) is 4.98 Å². The Morgan fingerprint density at radius 1 is 1.38 bits per heavy atom. The molecule has 0 bridgehead atoms. The van der Waals surface area contributed by atoms with Gasteiger partial charge in [0.05, 0.1) is 11.0 Å². The minimum atomic E-state index is -0.124. The number of aromatic amines is 1. The van der Waals surface area contributed by atoms with Crippen LogP contribution >= 0.6 is 0 Å². The molecule has 7 heteroatoms. The minimum Gasteiger partial charge on any atom is -0.375 e. The Morgan fingerprint density at radius 3 is 3.04 bits per heavy atom. The number of carbonyl (C=O) groups is 2. The maximum Gasteiger partial charge on any atom is 0.254 e. The van der Waals surface area contributed by atoms with Gasteiger partial charge in [0.2, 0.25) is 5.91 Å². The second-order valence-corrected chi connectivity index (χ2v) is 6.77. The molecule has 1 saturated heterocycles. The summed E-state index contributed by atoms with van der Waals surface area (Å²) in [5.74, 6) is 0.764. The summed E-state index contributed by atoms with van der Waals surface area (Å²) in [5, 5.41) is 2.84. The number of nitrogens with one attached hydrogen (secondary N) is 2. The summed E-state index contributed by atoms with van der Waals surface area (Å²) < 4.78 is 4.82. The van der Waals surface area contributed by atoms with Gasteiger partial charge in [-0.2, -0.15) is 0 Å². The van der Waals surface area contributed by atoms with E-state index in [1.165, 1.54) is 7.11 Å². The van der Waals surface area contributed by atoms with Crippen LogP contribution in [0.4, 0.5) is 0 Å². The van der Waals surface area contributed by atoms with E-state index in [4.69, 9.17) is 4.74 Å². The van der Waals surface area contributed by atoms with Crippen LogP contribution in [0.1, 0.15) is 41.9 Å².